The molecule has 2 atom stereocenters. The Morgan fingerprint density at radius 2 is 2.17 bits per heavy atom. The number of rotatable bonds is 4. The quantitative estimate of drug-likeness (QED) is 0.796. The Morgan fingerprint density at radius 1 is 1.50 bits per heavy atom. The maximum absolute atomic E-state index is 12.6. The van der Waals surface area contributed by atoms with E-state index in [1.807, 2.05) is 13.8 Å². The van der Waals surface area contributed by atoms with Crippen molar-refractivity contribution in [1.82, 2.24) is 10.2 Å². The number of carbonyl (C=O) groups is 2. The molecule has 1 saturated carbocycles. The van der Waals surface area contributed by atoms with Gasteiger partial charge in [0.25, 0.3) is 0 Å². The second kappa shape index (κ2) is 4.88. The van der Waals surface area contributed by atoms with E-state index in [4.69, 9.17) is 4.74 Å². The third-order valence-corrected chi connectivity index (χ3v) is 4.01. The van der Waals surface area contributed by atoms with Gasteiger partial charge in [-0.05, 0) is 32.6 Å². The van der Waals surface area contributed by atoms with Crippen molar-refractivity contribution in [2.24, 2.45) is 5.92 Å². The first-order chi connectivity index (χ1) is 8.47. The Kier molecular flexibility index (Phi) is 3.61. The molecule has 1 saturated heterocycles. The lowest BCUT2D eigenvalue weighted by atomic mass is 9.94. The lowest BCUT2D eigenvalue weighted by molar-refractivity contribution is -0.140. The van der Waals surface area contributed by atoms with Crippen LogP contribution in [0.25, 0.3) is 0 Å². The molecule has 1 aliphatic carbocycles. The summed E-state index contributed by atoms with van der Waals surface area (Å²) >= 11 is 0. The zero-order valence-corrected chi connectivity index (χ0v) is 11.4. The molecular weight excluding hydrogens is 232 g/mol. The van der Waals surface area contributed by atoms with Gasteiger partial charge in [0, 0.05) is 26.6 Å². The largest absolute Gasteiger partial charge is 0.380 e. The highest BCUT2D eigenvalue weighted by Crippen LogP contribution is 2.41. The number of ether oxygens (including phenoxy) is 1. The van der Waals surface area contributed by atoms with Gasteiger partial charge in [-0.2, -0.15) is 0 Å². The number of nitrogens with zero attached hydrogens (tertiary/aromatic N) is 1. The van der Waals surface area contributed by atoms with Crippen LogP contribution in [0.15, 0.2) is 0 Å². The standard InChI is InChI=1S/C13H22N2O3/c1-9(18-3)8-15-7-6-11(16)14-13(2,12(15)17)10-4-5-10/h9-10H,4-8H2,1-3H3,(H,14,16). The van der Waals surface area contributed by atoms with E-state index in [9.17, 15) is 9.59 Å². The second-order valence-corrected chi connectivity index (χ2v) is 5.57. The van der Waals surface area contributed by atoms with Gasteiger partial charge in [-0.15, -0.1) is 0 Å². The normalized spacial score (nSPS) is 30.9. The van der Waals surface area contributed by atoms with Crippen molar-refractivity contribution >= 4 is 11.8 Å². The van der Waals surface area contributed by atoms with Crippen LogP contribution < -0.4 is 5.32 Å². The van der Waals surface area contributed by atoms with E-state index >= 15 is 0 Å². The summed E-state index contributed by atoms with van der Waals surface area (Å²) < 4.78 is 5.21. The molecule has 0 aromatic carbocycles. The fourth-order valence-electron chi connectivity index (χ4n) is 2.57. The average Bonchev–Trinajstić information content (AvgIpc) is 3.16. The summed E-state index contributed by atoms with van der Waals surface area (Å²) in [6, 6.07) is 0. The lowest BCUT2D eigenvalue weighted by Gasteiger charge is -2.33. The van der Waals surface area contributed by atoms with Gasteiger partial charge in [0.05, 0.1) is 6.10 Å². The summed E-state index contributed by atoms with van der Waals surface area (Å²) in [5, 5.41) is 2.92. The van der Waals surface area contributed by atoms with Gasteiger partial charge in [0.2, 0.25) is 11.8 Å². The van der Waals surface area contributed by atoms with Gasteiger partial charge in [0.15, 0.2) is 0 Å². The first-order valence-corrected chi connectivity index (χ1v) is 6.60. The molecular formula is C13H22N2O3. The van der Waals surface area contributed by atoms with Crippen molar-refractivity contribution in [3.05, 3.63) is 0 Å². The molecule has 2 unspecified atom stereocenters. The Bertz CT molecular complexity index is 354. The van der Waals surface area contributed by atoms with Crippen molar-refractivity contribution in [3.8, 4) is 0 Å². The van der Waals surface area contributed by atoms with E-state index in [2.05, 4.69) is 5.32 Å². The molecule has 0 bridgehead atoms. The number of amides is 2. The first kappa shape index (κ1) is 13.3. The van der Waals surface area contributed by atoms with Crippen molar-refractivity contribution in [3.63, 3.8) is 0 Å². The number of nitrogens with one attached hydrogen (secondary N) is 1. The molecule has 1 heterocycles. The fraction of sp³-hybridized carbons (Fsp3) is 0.846. The molecule has 2 rings (SSSR count). The summed E-state index contributed by atoms with van der Waals surface area (Å²) in [6.45, 7) is 4.83. The highest BCUT2D eigenvalue weighted by atomic mass is 16.5. The zero-order chi connectivity index (χ0) is 13.3. The van der Waals surface area contributed by atoms with Gasteiger partial charge in [0.1, 0.15) is 5.54 Å². The van der Waals surface area contributed by atoms with Gasteiger partial charge in [-0.3, -0.25) is 9.59 Å². The molecule has 2 fully saturated rings. The molecule has 0 aromatic rings. The van der Waals surface area contributed by atoms with E-state index in [-0.39, 0.29) is 17.9 Å². The van der Waals surface area contributed by atoms with Gasteiger partial charge in [-0.1, -0.05) is 0 Å². The second-order valence-electron chi connectivity index (χ2n) is 5.57. The van der Waals surface area contributed by atoms with Crippen LogP contribution in [-0.2, 0) is 14.3 Å². The van der Waals surface area contributed by atoms with Crippen LogP contribution in [0.1, 0.15) is 33.1 Å². The van der Waals surface area contributed by atoms with Gasteiger partial charge in [-0.25, -0.2) is 0 Å². The minimum absolute atomic E-state index is 0.00870. The maximum atomic E-state index is 12.6. The van der Waals surface area contributed by atoms with Gasteiger partial charge < -0.3 is 15.0 Å². The molecule has 1 N–H and O–H groups in total. The molecule has 5 nitrogen and oxygen atoms in total. The molecule has 2 amide bonds. The molecule has 1 aliphatic heterocycles. The van der Waals surface area contributed by atoms with Crippen LogP contribution in [0.3, 0.4) is 0 Å². The smallest absolute Gasteiger partial charge is 0.248 e. The molecule has 0 radical (unpaired) electrons. The molecule has 5 heteroatoms. The zero-order valence-electron chi connectivity index (χ0n) is 11.4. The minimum Gasteiger partial charge on any atom is -0.380 e. The third-order valence-electron chi connectivity index (χ3n) is 4.01. The highest BCUT2D eigenvalue weighted by Gasteiger charge is 2.51. The van der Waals surface area contributed by atoms with Crippen LogP contribution in [0, 0.1) is 5.92 Å². The van der Waals surface area contributed by atoms with Crippen LogP contribution in [0.4, 0.5) is 0 Å². The minimum atomic E-state index is -0.707. The lowest BCUT2D eigenvalue weighted by Crippen LogP contribution is -2.57. The van der Waals surface area contributed by atoms with E-state index in [1.165, 1.54) is 0 Å². The predicted octanol–water partition coefficient (Wildman–Crippen LogP) is 0.538. The molecule has 2 aliphatic rings. The van der Waals surface area contributed by atoms with Crippen LogP contribution in [0.2, 0.25) is 0 Å². The number of hydrogen-bond donors (Lipinski definition) is 1. The van der Waals surface area contributed by atoms with Crippen molar-refractivity contribution in [2.45, 2.75) is 44.8 Å². The van der Waals surface area contributed by atoms with E-state index < -0.39 is 5.54 Å². The van der Waals surface area contributed by atoms with E-state index in [1.54, 1.807) is 12.0 Å². The summed E-state index contributed by atoms with van der Waals surface area (Å²) in [5.41, 5.74) is -0.707. The van der Waals surface area contributed by atoms with Crippen LogP contribution in [-0.4, -0.2) is 48.6 Å². The molecule has 0 aromatic heterocycles. The highest BCUT2D eigenvalue weighted by molar-refractivity contribution is 5.93. The Morgan fingerprint density at radius 3 is 2.72 bits per heavy atom. The summed E-state index contributed by atoms with van der Waals surface area (Å²) in [5.74, 6) is 0.317. The Balaban J connectivity index is 2.15. The molecule has 102 valence electrons. The topological polar surface area (TPSA) is 58.6 Å². The Hall–Kier alpha value is -1.10. The first-order valence-electron chi connectivity index (χ1n) is 6.60. The number of methoxy groups -OCH3 is 1. The Labute approximate surface area is 108 Å². The monoisotopic (exact) mass is 254 g/mol. The van der Waals surface area contributed by atoms with Crippen molar-refractivity contribution in [2.75, 3.05) is 20.2 Å². The number of hydrogen-bond acceptors (Lipinski definition) is 3. The van der Waals surface area contributed by atoms with E-state index in [0.29, 0.717) is 25.4 Å². The molecule has 0 spiro atoms. The average molecular weight is 254 g/mol. The van der Waals surface area contributed by atoms with Crippen LogP contribution >= 0.6 is 0 Å². The van der Waals surface area contributed by atoms with Crippen LogP contribution in [0.5, 0.6) is 0 Å². The van der Waals surface area contributed by atoms with Crippen molar-refractivity contribution < 1.29 is 14.3 Å². The third kappa shape index (κ3) is 2.51. The van der Waals surface area contributed by atoms with E-state index in [0.717, 1.165) is 12.8 Å². The molecule has 18 heavy (non-hydrogen) atoms. The van der Waals surface area contributed by atoms with Gasteiger partial charge >= 0.3 is 0 Å². The maximum Gasteiger partial charge on any atom is 0.248 e. The summed E-state index contributed by atoms with van der Waals surface area (Å²) in [4.78, 5) is 26.1. The fourth-order valence-corrected chi connectivity index (χ4v) is 2.57. The SMILES string of the molecule is COC(C)CN1CCC(=O)NC(C)(C2CC2)C1=O. The number of carbonyl (C=O) groups excluding carboxylic acids is 2. The van der Waals surface area contributed by atoms with Crippen molar-refractivity contribution in [1.29, 1.82) is 0 Å². The summed E-state index contributed by atoms with van der Waals surface area (Å²) in [7, 11) is 1.64. The predicted molar refractivity (Wildman–Crippen MR) is 66.9 cm³/mol. The summed E-state index contributed by atoms with van der Waals surface area (Å²) in [6.07, 6.45) is 2.42.